The molecule has 0 aliphatic heterocycles. The van der Waals surface area contributed by atoms with E-state index in [0.29, 0.717) is 5.69 Å². The molecule has 2 heterocycles. The van der Waals surface area contributed by atoms with Crippen LogP contribution in [-0.2, 0) is 6.18 Å². The van der Waals surface area contributed by atoms with Crippen molar-refractivity contribution in [2.24, 2.45) is 0 Å². The summed E-state index contributed by atoms with van der Waals surface area (Å²) >= 11 is 1.44. The molecule has 1 aromatic carbocycles. The predicted octanol–water partition coefficient (Wildman–Crippen LogP) is 4.97. The Hall–Kier alpha value is -2.85. The molecule has 25 heavy (non-hydrogen) atoms. The van der Waals surface area contributed by atoms with E-state index >= 15 is 0 Å². The number of benzene rings is 1. The number of nitriles is 1. The van der Waals surface area contributed by atoms with E-state index in [1.165, 1.54) is 23.5 Å². The highest BCUT2D eigenvalue weighted by Crippen LogP contribution is 2.34. The number of nitrogens with one attached hydrogen (secondary N) is 1. The Balaban J connectivity index is 2.23. The number of aromatic nitrogens is 1. The van der Waals surface area contributed by atoms with Crippen LogP contribution in [-0.4, -0.2) is 4.98 Å². The number of alkyl halides is 3. The van der Waals surface area contributed by atoms with Crippen LogP contribution in [0.15, 0.2) is 47.3 Å². The van der Waals surface area contributed by atoms with Gasteiger partial charge < -0.3 is 4.98 Å². The van der Waals surface area contributed by atoms with Crippen molar-refractivity contribution in [3.05, 3.63) is 68.8 Å². The second-order valence-electron chi connectivity index (χ2n) is 5.40. The Morgan fingerprint density at radius 3 is 2.52 bits per heavy atom. The summed E-state index contributed by atoms with van der Waals surface area (Å²) in [4.78, 5) is 16.7. The van der Waals surface area contributed by atoms with Gasteiger partial charge in [0.15, 0.2) is 0 Å². The first-order chi connectivity index (χ1) is 11.8. The maximum Gasteiger partial charge on any atom is 0.416 e. The standard InChI is InChI=1S/C18H11F3N2OS/c1-10-5-6-16(25-10)15-8-13(14(9-22)17(24)23-15)11-3-2-4-12(7-11)18(19,20)21/h2-8H,1H3,(H,23,24). The third-order valence-corrected chi connectivity index (χ3v) is 4.69. The van der Waals surface area contributed by atoms with Crippen molar-refractivity contribution in [1.82, 2.24) is 4.98 Å². The van der Waals surface area contributed by atoms with Gasteiger partial charge in [-0.2, -0.15) is 18.4 Å². The van der Waals surface area contributed by atoms with Gasteiger partial charge in [-0.25, -0.2) is 0 Å². The summed E-state index contributed by atoms with van der Waals surface area (Å²) in [5, 5.41) is 9.27. The molecule has 0 amide bonds. The first-order valence-electron chi connectivity index (χ1n) is 7.21. The fourth-order valence-corrected chi connectivity index (χ4v) is 3.31. The molecule has 0 saturated heterocycles. The van der Waals surface area contributed by atoms with Crippen molar-refractivity contribution in [1.29, 1.82) is 5.26 Å². The van der Waals surface area contributed by atoms with Crippen LogP contribution in [0.2, 0.25) is 0 Å². The van der Waals surface area contributed by atoms with E-state index < -0.39 is 17.3 Å². The number of pyridine rings is 1. The van der Waals surface area contributed by atoms with Crippen LogP contribution in [0.5, 0.6) is 0 Å². The second-order valence-corrected chi connectivity index (χ2v) is 6.69. The molecule has 3 aromatic rings. The number of hydrogen-bond donors (Lipinski definition) is 1. The van der Waals surface area contributed by atoms with Crippen LogP contribution in [0, 0.1) is 18.3 Å². The van der Waals surface area contributed by atoms with Crippen molar-refractivity contribution < 1.29 is 13.2 Å². The summed E-state index contributed by atoms with van der Waals surface area (Å²) < 4.78 is 38.9. The SMILES string of the molecule is Cc1ccc(-c2cc(-c3cccc(C(F)(F)F)c3)c(C#N)c(=O)[nH]2)s1. The van der Waals surface area contributed by atoms with Gasteiger partial charge in [-0.05, 0) is 42.8 Å². The fraction of sp³-hybridized carbons (Fsp3) is 0.111. The molecule has 0 unspecified atom stereocenters. The molecule has 3 nitrogen and oxygen atoms in total. The van der Waals surface area contributed by atoms with Crippen LogP contribution >= 0.6 is 11.3 Å². The largest absolute Gasteiger partial charge is 0.416 e. The first kappa shape index (κ1) is 17.0. The lowest BCUT2D eigenvalue weighted by Gasteiger charge is -2.10. The molecular formula is C18H11F3N2OS. The van der Waals surface area contributed by atoms with E-state index in [9.17, 15) is 23.2 Å². The lowest BCUT2D eigenvalue weighted by atomic mass is 9.98. The van der Waals surface area contributed by atoms with E-state index in [1.54, 1.807) is 12.1 Å². The number of halogens is 3. The van der Waals surface area contributed by atoms with Crippen molar-refractivity contribution in [3.63, 3.8) is 0 Å². The highest BCUT2D eigenvalue weighted by atomic mass is 32.1. The molecule has 0 saturated carbocycles. The van der Waals surface area contributed by atoms with Gasteiger partial charge in [0.05, 0.1) is 16.1 Å². The summed E-state index contributed by atoms with van der Waals surface area (Å²) in [6.07, 6.45) is -4.50. The summed E-state index contributed by atoms with van der Waals surface area (Å²) in [5.41, 5.74) is -0.850. The van der Waals surface area contributed by atoms with E-state index in [4.69, 9.17) is 0 Å². The minimum Gasteiger partial charge on any atom is -0.320 e. The van der Waals surface area contributed by atoms with Crippen LogP contribution in [0.1, 0.15) is 16.0 Å². The monoisotopic (exact) mass is 360 g/mol. The number of nitrogens with zero attached hydrogens (tertiary/aromatic N) is 1. The average molecular weight is 360 g/mol. The van der Waals surface area contributed by atoms with Gasteiger partial charge in [0.25, 0.3) is 5.56 Å². The van der Waals surface area contributed by atoms with Gasteiger partial charge in [0.2, 0.25) is 0 Å². The Bertz CT molecular complexity index is 1040. The number of H-pyrrole nitrogens is 1. The van der Waals surface area contributed by atoms with Crippen molar-refractivity contribution in [3.8, 4) is 27.8 Å². The highest BCUT2D eigenvalue weighted by Gasteiger charge is 2.30. The molecular weight excluding hydrogens is 349 g/mol. The zero-order valence-corrected chi connectivity index (χ0v) is 13.8. The molecule has 0 fully saturated rings. The molecule has 126 valence electrons. The molecule has 7 heteroatoms. The third-order valence-electron chi connectivity index (χ3n) is 3.65. The topological polar surface area (TPSA) is 56.6 Å². The molecule has 0 atom stereocenters. The summed E-state index contributed by atoms with van der Waals surface area (Å²) in [5.74, 6) is 0. The molecule has 2 aromatic heterocycles. The lowest BCUT2D eigenvalue weighted by Crippen LogP contribution is -2.12. The zero-order valence-electron chi connectivity index (χ0n) is 12.9. The molecule has 3 rings (SSSR count). The normalized spacial score (nSPS) is 11.3. The van der Waals surface area contributed by atoms with Crippen molar-refractivity contribution in [2.75, 3.05) is 0 Å². The highest BCUT2D eigenvalue weighted by molar-refractivity contribution is 7.15. The van der Waals surface area contributed by atoms with E-state index in [2.05, 4.69) is 4.98 Å². The minimum atomic E-state index is -4.50. The molecule has 0 aliphatic rings. The molecule has 0 spiro atoms. The number of thiophene rings is 1. The van der Waals surface area contributed by atoms with Gasteiger partial charge in [-0.15, -0.1) is 11.3 Å². The summed E-state index contributed by atoms with van der Waals surface area (Å²) in [6, 6.07) is 11.6. The van der Waals surface area contributed by atoms with Crippen LogP contribution in [0.4, 0.5) is 13.2 Å². The fourth-order valence-electron chi connectivity index (χ4n) is 2.47. The predicted molar refractivity (Wildman–Crippen MR) is 90.3 cm³/mol. The average Bonchev–Trinajstić information content (AvgIpc) is 3.00. The molecule has 0 aliphatic carbocycles. The molecule has 0 radical (unpaired) electrons. The number of aromatic amines is 1. The van der Waals surface area contributed by atoms with Gasteiger partial charge in [-0.1, -0.05) is 12.1 Å². The van der Waals surface area contributed by atoms with E-state index in [-0.39, 0.29) is 16.7 Å². The maximum atomic E-state index is 13.0. The van der Waals surface area contributed by atoms with E-state index in [1.807, 2.05) is 19.1 Å². The smallest absolute Gasteiger partial charge is 0.320 e. The Morgan fingerprint density at radius 2 is 1.92 bits per heavy atom. The lowest BCUT2D eigenvalue weighted by molar-refractivity contribution is -0.137. The first-order valence-corrected chi connectivity index (χ1v) is 8.03. The van der Waals surface area contributed by atoms with Gasteiger partial charge in [-0.3, -0.25) is 4.79 Å². The molecule has 1 N–H and O–H groups in total. The van der Waals surface area contributed by atoms with Crippen molar-refractivity contribution >= 4 is 11.3 Å². The summed E-state index contributed by atoms with van der Waals surface area (Å²) in [7, 11) is 0. The Labute approximate surface area is 145 Å². The summed E-state index contributed by atoms with van der Waals surface area (Å²) in [6.45, 7) is 1.91. The Kier molecular flexibility index (Phi) is 4.23. The number of hydrogen-bond acceptors (Lipinski definition) is 3. The van der Waals surface area contributed by atoms with Gasteiger partial charge in [0.1, 0.15) is 11.6 Å². The third kappa shape index (κ3) is 3.35. The zero-order chi connectivity index (χ0) is 18.2. The quantitative estimate of drug-likeness (QED) is 0.701. The second kappa shape index (κ2) is 6.22. The maximum absolute atomic E-state index is 13.0. The Morgan fingerprint density at radius 1 is 1.16 bits per heavy atom. The minimum absolute atomic E-state index is 0.173. The van der Waals surface area contributed by atoms with Crippen LogP contribution < -0.4 is 5.56 Å². The number of aryl methyl sites for hydroxylation is 1. The van der Waals surface area contributed by atoms with Gasteiger partial charge >= 0.3 is 6.18 Å². The van der Waals surface area contributed by atoms with Crippen LogP contribution in [0.3, 0.4) is 0 Å². The van der Waals surface area contributed by atoms with Gasteiger partial charge in [0, 0.05) is 10.4 Å². The molecule has 0 bridgehead atoms. The van der Waals surface area contributed by atoms with Crippen molar-refractivity contribution in [2.45, 2.75) is 13.1 Å². The van der Waals surface area contributed by atoms with Crippen LogP contribution in [0.25, 0.3) is 21.7 Å². The number of rotatable bonds is 2. The van der Waals surface area contributed by atoms with E-state index in [0.717, 1.165) is 21.9 Å².